The molecule has 0 bridgehead atoms. The number of aliphatic hydroxyl groups is 1. The van der Waals surface area contributed by atoms with Gasteiger partial charge in [0.25, 0.3) is 15.9 Å². The molecule has 3 atom stereocenters. The van der Waals surface area contributed by atoms with Crippen molar-refractivity contribution in [1.82, 2.24) is 9.80 Å². The van der Waals surface area contributed by atoms with Crippen molar-refractivity contribution in [3.63, 3.8) is 0 Å². The minimum Gasteiger partial charge on any atom is -0.497 e. The smallest absolute Gasteiger partial charge is 0.262 e. The fraction of sp³-hybridized carbons (Fsp3) is 0.387. The van der Waals surface area contributed by atoms with Crippen LogP contribution in [-0.4, -0.2) is 82.3 Å². The average molecular weight is 598 g/mol. The van der Waals surface area contributed by atoms with Crippen LogP contribution < -0.4 is 18.9 Å². The number of benzene rings is 3. The van der Waals surface area contributed by atoms with Gasteiger partial charge in [-0.05, 0) is 68.1 Å². The summed E-state index contributed by atoms with van der Waals surface area (Å²) in [5.74, 6) is 0.988. The number of aliphatic hydroxyl groups excluding tert-OH is 1. The van der Waals surface area contributed by atoms with Crippen LogP contribution in [0.3, 0.4) is 0 Å². The summed E-state index contributed by atoms with van der Waals surface area (Å²) in [6, 6.07) is 18.2. The molecule has 1 aliphatic heterocycles. The Morgan fingerprint density at radius 2 is 1.67 bits per heavy atom. The standard InChI is InChI=1S/C31H39N3O7S/c1-21-17-34(22(2)20-35)31(36)27-7-6-8-28(32-42(37,38)26-15-13-25(40-5)14-16-26)30(27)41-29(21)19-33(3)18-23-9-11-24(39-4)12-10-23/h6-16,21-22,29,32,35H,17-20H2,1-5H3/t21-,22+,29-/m0/s1. The third-order valence-corrected chi connectivity index (χ3v) is 8.79. The van der Waals surface area contributed by atoms with E-state index in [-0.39, 0.29) is 40.3 Å². The van der Waals surface area contributed by atoms with Crippen LogP contribution in [0.4, 0.5) is 5.69 Å². The van der Waals surface area contributed by atoms with E-state index in [9.17, 15) is 18.3 Å². The summed E-state index contributed by atoms with van der Waals surface area (Å²) in [4.78, 5) is 17.5. The van der Waals surface area contributed by atoms with Crippen LogP contribution in [0.15, 0.2) is 71.6 Å². The number of amides is 1. The third kappa shape index (κ3) is 7.15. The van der Waals surface area contributed by atoms with E-state index in [0.717, 1.165) is 11.3 Å². The Labute approximate surface area is 247 Å². The number of hydrogen-bond acceptors (Lipinski definition) is 8. The quantitative estimate of drug-likeness (QED) is 0.342. The van der Waals surface area contributed by atoms with Crippen LogP contribution in [0.2, 0.25) is 0 Å². The van der Waals surface area contributed by atoms with Crippen LogP contribution >= 0.6 is 0 Å². The largest absolute Gasteiger partial charge is 0.497 e. The maximum atomic E-state index is 13.7. The molecule has 11 heteroatoms. The monoisotopic (exact) mass is 597 g/mol. The van der Waals surface area contributed by atoms with Gasteiger partial charge < -0.3 is 24.2 Å². The zero-order valence-electron chi connectivity index (χ0n) is 24.6. The number of methoxy groups -OCH3 is 2. The second-order valence-corrected chi connectivity index (χ2v) is 12.3. The number of rotatable bonds is 11. The lowest BCUT2D eigenvalue weighted by molar-refractivity contribution is 0.0344. The van der Waals surface area contributed by atoms with Crippen molar-refractivity contribution in [2.75, 3.05) is 45.7 Å². The molecule has 3 aromatic carbocycles. The molecule has 10 nitrogen and oxygen atoms in total. The number of hydrogen-bond donors (Lipinski definition) is 2. The second-order valence-electron chi connectivity index (χ2n) is 10.6. The molecule has 0 aromatic heterocycles. The number of likely N-dealkylation sites (N-methyl/N-ethyl adjacent to an activating group) is 1. The van der Waals surface area contributed by atoms with Crippen LogP contribution in [0.5, 0.6) is 17.2 Å². The van der Waals surface area contributed by atoms with E-state index in [0.29, 0.717) is 25.4 Å². The lowest BCUT2D eigenvalue weighted by atomic mass is 9.99. The molecule has 1 aliphatic rings. The van der Waals surface area contributed by atoms with Crippen molar-refractivity contribution in [2.45, 2.75) is 37.4 Å². The van der Waals surface area contributed by atoms with Gasteiger partial charge in [-0.25, -0.2) is 8.42 Å². The first-order chi connectivity index (χ1) is 20.1. The molecule has 42 heavy (non-hydrogen) atoms. The van der Waals surface area contributed by atoms with E-state index >= 15 is 0 Å². The molecule has 0 radical (unpaired) electrons. The molecular formula is C31H39N3O7S. The number of carbonyl (C=O) groups is 1. The van der Waals surface area contributed by atoms with Crippen LogP contribution in [0.1, 0.15) is 29.8 Å². The third-order valence-electron chi connectivity index (χ3n) is 7.41. The normalized spacial score (nSPS) is 18.0. The van der Waals surface area contributed by atoms with Gasteiger partial charge in [0.2, 0.25) is 0 Å². The summed E-state index contributed by atoms with van der Waals surface area (Å²) in [7, 11) is 1.10. The van der Waals surface area contributed by atoms with Crippen molar-refractivity contribution in [1.29, 1.82) is 0 Å². The SMILES string of the molecule is COc1ccc(CN(C)C[C@@H]2Oc3c(NS(=O)(=O)c4ccc(OC)cc4)cccc3C(=O)N([C@H](C)CO)C[C@@H]2C)cc1. The number of para-hydroxylation sites is 1. The number of ether oxygens (including phenoxy) is 3. The topological polar surface area (TPSA) is 118 Å². The lowest BCUT2D eigenvalue weighted by Gasteiger charge is -2.38. The number of fused-ring (bicyclic) bond motifs is 1. The minimum absolute atomic E-state index is 0.0396. The Balaban J connectivity index is 1.68. The molecule has 0 unspecified atom stereocenters. The first-order valence-corrected chi connectivity index (χ1v) is 15.2. The highest BCUT2D eigenvalue weighted by atomic mass is 32.2. The van der Waals surface area contributed by atoms with Crippen molar-refractivity contribution in [3.8, 4) is 17.2 Å². The predicted octanol–water partition coefficient (Wildman–Crippen LogP) is 3.86. The molecule has 2 N–H and O–H groups in total. The van der Waals surface area contributed by atoms with Crippen LogP contribution in [-0.2, 0) is 16.6 Å². The highest BCUT2D eigenvalue weighted by Crippen LogP contribution is 2.36. The number of sulfonamides is 1. The van der Waals surface area contributed by atoms with Gasteiger partial charge in [-0.2, -0.15) is 0 Å². The molecule has 0 fully saturated rings. The second kappa shape index (κ2) is 13.5. The minimum atomic E-state index is -4.02. The number of carbonyl (C=O) groups excluding carboxylic acids is 1. The summed E-state index contributed by atoms with van der Waals surface area (Å²) < 4.78 is 46.3. The lowest BCUT2D eigenvalue weighted by Crippen LogP contribution is -2.49. The summed E-state index contributed by atoms with van der Waals surface area (Å²) >= 11 is 0. The molecule has 1 heterocycles. The molecular weight excluding hydrogens is 558 g/mol. The van der Waals surface area contributed by atoms with Crippen molar-refractivity contribution >= 4 is 21.6 Å². The molecule has 0 saturated heterocycles. The van der Waals surface area contributed by atoms with Gasteiger partial charge in [0.15, 0.2) is 5.75 Å². The van der Waals surface area contributed by atoms with Gasteiger partial charge in [-0.3, -0.25) is 14.4 Å². The summed E-state index contributed by atoms with van der Waals surface area (Å²) in [5.41, 5.74) is 1.47. The molecule has 1 amide bonds. The van der Waals surface area contributed by atoms with E-state index in [1.54, 1.807) is 49.3 Å². The van der Waals surface area contributed by atoms with Gasteiger partial charge >= 0.3 is 0 Å². The molecule has 3 aromatic rings. The maximum Gasteiger partial charge on any atom is 0.262 e. The Kier molecular flexibility index (Phi) is 9.97. The molecule has 4 rings (SSSR count). The van der Waals surface area contributed by atoms with E-state index in [4.69, 9.17) is 14.2 Å². The summed E-state index contributed by atoms with van der Waals surface area (Å²) in [6.45, 7) is 5.08. The molecule has 0 spiro atoms. The van der Waals surface area contributed by atoms with Gasteiger partial charge in [-0.15, -0.1) is 0 Å². The maximum absolute atomic E-state index is 13.7. The van der Waals surface area contributed by atoms with E-state index in [1.807, 2.05) is 38.2 Å². The fourth-order valence-corrected chi connectivity index (χ4v) is 5.98. The molecule has 0 aliphatic carbocycles. The Morgan fingerprint density at radius 3 is 2.26 bits per heavy atom. The van der Waals surface area contributed by atoms with Gasteiger partial charge in [0.1, 0.15) is 17.6 Å². The predicted molar refractivity (Wildman–Crippen MR) is 161 cm³/mol. The van der Waals surface area contributed by atoms with Crippen molar-refractivity contribution in [3.05, 3.63) is 77.9 Å². The number of nitrogens with zero attached hydrogens (tertiary/aromatic N) is 2. The van der Waals surface area contributed by atoms with Crippen molar-refractivity contribution in [2.24, 2.45) is 5.92 Å². The first-order valence-electron chi connectivity index (χ1n) is 13.8. The fourth-order valence-electron chi connectivity index (χ4n) is 4.91. The zero-order valence-corrected chi connectivity index (χ0v) is 25.4. The Bertz CT molecular complexity index is 1460. The molecule has 226 valence electrons. The molecule has 0 saturated carbocycles. The number of anilines is 1. The van der Waals surface area contributed by atoms with Crippen molar-refractivity contribution < 1.29 is 32.5 Å². The highest BCUT2D eigenvalue weighted by molar-refractivity contribution is 7.92. The van der Waals surface area contributed by atoms with E-state index in [2.05, 4.69) is 9.62 Å². The zero-order chi connectivity index (χ0) is 30.4. The number of nitrogens with one attached hydrogen (secondary N) is 1. The van der Waals surface area contributed by atoms with E-state index in [1.165, 1.54) is 19.2 Å². The highest BCUT2D eigenvalue weighted by Gasteiger charge is 2.35. The summed E-state index contributed by atoms with van der Waals surface area (Å²) in [5, 5.41) is 9.94. The summed E-state index contributed by atoms with van der Waals surface area (Å²) in [6.07, 6.45) is -0.403. The Morgan fingerprint density at radius 1 is 1.05 bits per heavy atom. The average Bonchev–Trinajstić information content (AvgIpc) is 2.99. The van der Waals surface area contributed by atoms with Crippen LogP contribution in [0, 0.1) is 5.92 Å². The van der Waals surface area contributed by atoms with Crippen LogP contribution in [0.25, 0.3) is 0 Å². The van der Waals surface area contributed by atoms with Gasteiger partial charge in [-0.1, -0.05) is 25.1 Å². The van der Waals surface area contributed by atoms with Gasteiger partial charge in [0, 0.05) is 25.6 Å². The first kappa shape index (κ1) is 31.1. The van der Waals surface area contributed by atoms with E-state index < -0.39 is 22.2 Å². The van der Waals surface area contributed by atoms with Gasteiger partial charge in [0.05, 0.1) is 43.0 Å². The Hall–Kier alpha value is -3.80.